The third kappa shape index (κ3) is 3.09. The molecule has 1 atom stereocenters. The average Bonchev–Trinajstić information content (AvgIpc) is 2.54. The topological polar surface area (TPSA) is 84.2 Å². The van der Waals surface area contributed by atoms with Crippen molar-refractivity contribution in [2.24, 2.45) is 0 Å². The molecular formula is C11H14F3N3O3. The van der Waals surface area contributed by atoms with Gasteiger partial charge in [0.2, 0.25) is 11.4 Å². The SMILES string of the molecule is Cc1cc(C)n(CC(=O)NC(C)(C(=O)O)C(F)(F)F)n1. The van der Waals surface area contributed by atoms with Crippen LogP contribution in [-0.4, -0.2) is 38.5 Å². The number of alkyl halides is 3. The molecule has 0 saturated carbocycles. The first-order valence-corrected chi connectivity index (χ1v) is 5.59. The Labute approximate surface area is 112 Å². The molecule has 1 aromatic rings. The number of carboxylic acids is 1. The van der Waals surface area contributed by atoms with E-state index in [1.807, 2.05) is 0 Å². The number of aliphatic carboxylic acids is 1. The molecule has 9 heteroatoms. The van der Waals surface area contributed by atoms with Crippen molar-refractivity contribution in [3.05, 3.63) is 17.5 Å². The average molecular weight is 293 g/mol. The van der Waals surface area contributed by atoms with E-state index in [0.29, 0.717) is 18.3 Å². The van der Waals surface area contributed by atoms with Crippen molar-refractivity contribution in [1.82, 2.24) is 15.1 Å². The first-order valence-electron chi connectivity index (χ1n) is 5.59. The number of halogens is 3. The predicted octanol–water partition coefficient (Wildman–Crippen LogP) is 1.02. The first-order chi connectivity index (χ1) is 8.97. The van der Waals surface area contributed by atoms with Crippen molar-refractivity contribution in [3.63, 3.8) is 0 Å². The maximum Gasteiger partial charge on any atom is 0.422 e. The van der Waals surface area contributed by atoms with Crippen LogP contribution in [0.5, 0.6) is 0 Å². The van der Waals surface area contributed by atoms with E-state index in [1.165, 1.54) is 10.00 Å². The van der Waals surface area contributed by atoms with E-state index in [2.05, 4.69) is 5.10 Å². The minimum atomic E-state index is -5.11. The highest BCUT2D eigenvalue weighted by Crippen LogP contribution is 2.30. The highest BCUT2D eigenvalue weighted by molar-refractivity contribution is 5.87. The Morgan fingerprint density at radius 3 is 2.30 bits per heavy atom. The molecule has 0 bridgehead atoms. The van der Waals surface area contributed by atoms with Crippen molar-refractivity contribution < 1.29 is 27.9 Å². The monoisotopic (exact) mass is 293 g/mol. The summed E-state index contributed by atoms with van der Waals surface area (Å²) < 4.78 is 39.4. The molecule has 0 saturated heterocycles. The molecule has 1 amide bonds. The fourth-order valence-electron chi connectivity index (χ4n) is 1.53. The molecule has 2 N–H and O–H groups in total. The van der Waals surface area contributed by atoms with E-state index >= 15 is 0 Å². The van der Waals surface area contributed by atoms with Crippen LogP contribution in [0.4, 0.5) is 13.2 Å². The quantitative estimate of drug-likeness (QED) is 0.868. The molecule has 0 aliphatic heterocycles. The number of hydrogen-bond acceptors (Lipinski definition) is 3. The highest BCUT2D eigenvalue weighted by Gasteiger charge is 2.58. The van der Waals surface area contributed by atoms with Crippen LogP contribution in [0.15, 0.2) is 6.07 Å². The first kappa shape index (κ1) is 16.0. The second kappa shape index (κ2) is 5.14. The van der Waals surface area contributed by atoms with E-state index in [0.717, 1.165) is 0 Å². The summed E-state index contributed by atoms with van der Waals surface area (Å²) in [5.41, 5.74) is -2.14. The third-order valence-corrected chi connectivity index (χ3v) is 2.78. The molecule has 0 aliphatic carbocycles. The standard InChI is InChI=1S/C11H14F3N3O3/c1-6-4-7(2)17(16-6)5-8(18)15-10(3,9(19)20)11(12,13)14/h4H,5H2,1-3H3,(H,15,18)(H,19,20). The number of rotatable bonds is 4. The van der Waals surface area contributed by atoms with Crippen molar-refractivity contribution in [2.75, 3.05) is 0 Å². The van der Waals surface area contributed by atoms with E-state index in [1.54, 1.807) is 19.9 Å². The second-order valence-electron chi connectivity index (χ2n) is 4.56. The molecule has 20 heavy (non-hydrogen) atoms. The maximum atomic E-state index is 12.7. The Balaban J connectivity index is 2.89. The molecule has 1 unspecified atom stereocenters. The lowest BCUT2D eigenvalue weighted by Gasteiger charge is -2.28. The van der Waals surface area contributed by atoms with Gasteiger partial charge < -0.3 is 10.4 Å². The van der Waals surface area contributed by atoms with Crippen molar-refractivity contribution in [2.45, 2.75) is 39.0 Å². The molecule has 0 radical (unpaired) electrons. The maximum absolute atomic E-state index is 12.7. The lowest BCUT2D eigenvalue weighted by molar-refractivity contribution is -0.207. The van der Waals surface area contributed by atoms with Crippen LogP contribution < -0.4 is 5.32 Å². The number of carbonyl (C=O) groups is 2. The lowest BCUT2D eigenvalue weighted by Crippen LogP contribution is -2.62. The third-order valence-electron chi connectivity index (χ3n) is 2.78. The summed E-state index contributed by atoms with van der Waals surface area (Å²) in [6, 6.07) is 1.65. The zero-order valence-electron chi connectivity index (χ0n) is 11.1. The van der Waals surface area contributed by atoms with Gasteiger partial charge in [0.05, 0.1) is 5.69 Å². The molecule has 0 spiro atoms. The number of nitrogens with one attached hydrogen (secondary N) is 1. The zero-order chi connectivity index (χ0) is 15.7. The lowest BCUT2D eigenvalue weighted by atomic mass is 10.0. The fourth-order valence-corrected chi connectivity index (χ4v) is 1.53. The van der Waals surface area contributed by atoms with Crippen LogP contribution in [0, 0.1) is 13.8 Å². The van der Waals surface area contributed by atoms with Gasteiger partial charge in [-0.3, -0.25) is 9.48 Å². The summed E-state index contributed by atoms with van der Waals surface area (Å²) in [5.74, 6) is -3.26. The molecular weight excluding hydrogens is 279 g/mol. The largest absolute Gasteiger partial charge is 0.479 e. The van der Waals surface area contributed by atoms with Crippen molar-refractivity contribution in [1.29, 1.82) is 0 Å². The van der Waals surface area contributed by atoms with Gasteiger partial charge >= 0.3 is 12.1 Å². The normalized spacial score (nSPS) is 14.7. The fraction of sp³-hybridized carbons (Fsp3) is 0.545. The van der Waals surface area contributed by atoms with Crippen LogP contribution in [0.3, 0.4) is 0 Å². The highest BCUT2D eigenvalue weighted by atomic mass is 19.4. The van der Waals surface area contributed by atoms with Gasteiger partial charge in [-0.05, 0) is 26.8 Å². The van der Waals surface area contributed by atoms with Gasteiger partial charge in [0, 0.05) is 5.69 Å². The van der Waals surface area contributed by atoms with Crippen LogP contribution >= 0.6 is 0 Å². The molecule has 1 heterocycles. The Bertz CT molecular complexity index is 539. The van der Waals surface area contributed by atoms with E-state index < -0.39 is 30.1 Å². The number of aryl methyl sites for hydroxylation is 2. The van der Waals surface area contributed by atoms with Gasteiger partial charge in [0.25, 0.3) is 0 Å². The van der Waals surface area contributed by atoms with E-state index in [-0.39, 0.29) is 0 Å². The number of amides is 1. The molecule has 0 aromatic carbocycles. The van der Waals surface area contributed by atoms with Crippen LogP contribution in [0.2, 0.25) is 0 Å². The number of carbonyl (C=O) groups excluding carboxylic acids is 1. The molecule has 6 nitrogen and oxygen atoms in total. The Morgan fingerprint density at radius 1 is 1.40 bits per heavy atom. The van der Waals surface area contributed by atoms with Crippen LogP contribution in [0.25, 0.3) is 0 Å². The molecule has 0 fully saturated rings. The minimum Gasteiger partial charge on any atom is -0.479 e. The molecule has 0 aliphatic rings. The Hall–Kier alpha value is -2.06. The summed E-state index contributed by atoms with van der Waals surface area (Å²) >= 11 is 0. The van der Waals surface area contributed by atoms with Crippen LogP contribution in [0.1, 0.15) is 18.3 Å². The minimum absolute atomic E-state index is 0.397. The van der Waals surface area contributed by atoms with Gasteiger partial charge in [-0.1, -0.05) is 0 Å². The number of hydrogen-bond donors (Lipinski definition) is 2. The van der Waals surface area contributed by atoms with Gasteiger partial charge in [-0.2, -0.15) is 18.3 Å². The summed E-state index contributed by atoms with van der Waals surface area (Å²) in [4.78, 5) is 22.4. The smallest absolute Gasteiger partial charge is 0.422 e. The summed E-state index contributed by atoms with van der Waals surface area (Å²) in [5, 5.41) is 14.1. The second-order valence-corrected chi connectivity index (χ2v) is 4.56. The van der Waals surface area contributed by atoms with E-state index in [9.17, 15) is 22.8 Å². The van der Waals surface area contributed by atoms with Gasteiger partial charge in [-0.25, -0.2) is 4.79 Å². The molecule has 1 aromatic heterocycles. The summed E-state index contributed by atoms with van der Waals surface area (Å²) in [6.45, 7) is 3.21. The summed E-state index contributed by atoms with van der Waals surface area (Å²) in [6.07, 6.45) is -5.11. The van der Waals surface area contributed by atoms with Gasteiger partial charge in [0.1, 0.15) is 6.54 Å². The Morgan fingerprint density at radius 2 is 1.95 bits per heavy atom. The van der Waals surface area contributed by atoms with E-state index in [4.69, 9.17) is 5.11 Å². The van der Waals surface area contributed by atoms with Gasteiger partial charge in [-0.15, -0.1) is 0 Å². The van der Waals surface area contributed by atoms with Crippen molar-refractivity contribution in [3.8, 4) is 0 Å². The number of nitrogens with zero attached hydrogens (tertiary/aromatic N) is 2. The molecule has 112 valence electrons. The number of carboxylic acid groups (broad SMARTS) is 1. The Kier molecular flexibility index (Phi) is 4.11. The van der Waals surface area contributed by atoms with Gasteiger partial charge in [0.15, 0.2) is 0 Å². The number of aromatic nitrogens is 2. The van der Waals surface area contributed by atoms with Crippen molar-refractivity contribution >= 4 is 11.9 Å². The summed E-state index contributed by atoms with van der Waals surface area (Å²) in [7, 11) is 0. The van der Waals surface area contributed by atoms with Crippen LogP contribution in [-0.2, 0) is 16.1 Å². The predicted molar refractivity (Wildman–Crippen MR) is 61.9 cm³/mol. The zero-order valence-corrected chi connectivity index (χ0v) is 11.1. The molecule has 1 rings (SSSR count).